The summed E-state index contributed by atoms with van der Waals surface area (Å²) in [5.41, 5.74) is 0. The fourth-order valence-corrected chi connectivity index (χ4v) is 2.72. The Morgan fingerprint density at radius 3 is 1.84 bits per heavy atom. The molecule has 0 aliphatic carbocycles. The Morgan fingerprint density at radius 2 is 1.26 bits per heavy atom. The van der Waals surface area contributed by atoms with Crippen LogP contribution in [0.25, 0.3) is 0 Å². The molecule has 3 unspecified atom stereocenters. The first-order valence-electron chi connectivity index (χ1n) is 8.02. The summed E-state index contributed by atoms with van der Waals surface area (Å²) in [5.74, 6) is 0. The zero-order valence-electron chi connectivity index (χ0n) is 12.6. The van der Waals surface area contributed by atoms with Crippen LogP contribution in [-0.2, 0) is 0 Å². The molecule has 0 fully saturated rings. The third-order valence-electron chi connectivity index (χ3n) is 3.50. The van der Waals surface area contributed by atoms with Gasteiger partial charge in [-0.05, 0) is 32.1 Å². The van der Waals surface area contributed by atoms with E-state index in [0.717, 1.165) is 44.9 Å². The van der Waals surface area contributed by atoms with E-state index < -0.39 is 12.3 Å². The van der Waals surface area contributed by atoms with Crippen LogP contribution in [0.5, 0.6) is 0 Å². The van der Waals surface area contributed by atoms with Crippen LogP contribution < -0.4 is 0 Å². The van der Waals surface area contributed by atoms with Gasteiger partial charge in [0.15, 0.2) is 0 Å². The molecule has 0 N–H and O–H groups in total. The molecule has 0 aliphatic rings. The normalized spacial score (nSPS) is 16.3. The van der Waals surface area contributed by atoms with Gasteiger partial charge in [0.25, 0.3) is 0 Å². The summed E-state index contributed by atoms with van der Waals surface area (Å²) in [6, 6.07) is 0. The van der Waals surface area contributed by atoms with Crippen molar-refractivity contribution in [3.63, 3.8) is 0 Å². The number of hydrogen-bond acceptors (Lipinski definition) is 0. The molecule has 0 saturated carbocycles. The summed E-state index contributed by atoms with van der Waals surface area (Å²) >= 11 is 6.12. The van der Waals surface area contributed by atoms with E-state index in [-0.39, 0.29) is 5.38 Å². The lowest BCUT2D eigenvalue weighted by atomic mass is 10.0. The van der Waals surface area contributed by atoms with Gasteiger partial charge >= 0.3 is 0 Å². The first-order chi connectivity index (χ1) is 9.10. The fourth-order valence-electron chi connectivity index (χ4n) is 2.37. The van der Waals surface area contributed by atoms with Crippen molar-refractivity contribution in [2.75, 3.05) is 0 Å². The SMILES string of the molecule is CCCC(F)CCCCCCC(Cl)CC(F)CCC. The van der Waals surface area contributed by atoms with Gasteiger partial charge in [-0.15, -0.1) is 11.6 Å². The maximum absolute atomic E-state index is 13.3. The highest BCUT2D eigenvalue weighted by atomic mass is 35.5. The van der Waals surface area contributed by atoms with E-state index in [4.69, 9.17) is 11.6 Å². The van der Waals surface area contributed by atoms with Gasteiger partial charge in [0.1, 0.15) is 12.3 Å². The van der Waals surface area contributed by atoms with Crippen LogP contribution in [-0.4, -0.2) is 17.7 Å². The monoisotopic (exact) mass is 296 g/mol. The molecule has 0 radical (unpaired) electrons. The van der Waals surface area contributed by atoms with Gasteiger partial charge in [0, 0.05) is 5.38 Å². The van der Waals surface area contributed by atoms with Crippen LogP contribution in [0, 0.1) is 0 Å². The highest BCUT2D eigenvalue weighted by molar-refractivity contribution is 6.20. The predicted octanol–water partition coefficient (Wildman–Crippen LogP) is 6.60. The average Bonchev–Trinajstić information content (AvgIpc) is 2.34. The molecule has 0 aromatic heterocycles. The van der Waals surface area contributed by atoms with E-state index in [0.29, 0.717) is 25.7 Å². The first kappa shape index (κ1) is 19.1. The number of rotatable bonds is 13. The quantitative estimate of drug-likeness (QED) is 0.265. The topological polar surface area (TPSA) is 0 Å². The Morgan fingerprint density at radius 1 is 0.737 bits per heavy atom. The molecule has 0 aromatic rings. The summed E-state index contributed by atoms with van der Waals surface area (Å²) in [4.78, 5) is 0. The molecule has 0 spiro atoms. The Bertz CT molecular complexity index is 188. The molecule has 19 heavy (non-hydrogen) atoms. The second-order valence-corrected chi connectivity index (χ2v) is 6.21. The number of unbranched alkanes of at least 4 members (excludes halogenated alkanes) is 3. The van der Waals surface area contributed by atoms with Gasteiger partial charge in [-0.25, -0.2) is 8.78 Å². The smallest absolute Gasteiger partial charge is 0.102 e. The molecule has 0 aliphatic heterocycles. The van der Waals surface area contributed by atoms with Gasteiger partial charge in [-0.1, -0.05) is 52.4 Å². The maximum Gasteiger partial charge on any atom is 0.102 e. The molecule has 116 valence electrons. The molecule has 0 nitrogen and oxygen atoms in total. The second-order valence-electron chi connectivity index (χ2n) is 5.60. The minimum absolute atomic E-state index is 0.0319. The lowest BCUT2D eigenvalue weighted by Gasteiger charge is -2.12. The van der Waals surface area contributed by atoms with Crippen LogP contribution in [0.2, 0.25) is 0 Å². The molecular formula is C16H31ClF2. The predicted molar refractivity (Wildman–Crippen MR) is 81.6 cm³/mol. The average molecular weight is 297 g/mol. The molecule has 0 bridgehead atoms. The minimum atomic E-state index is -0.742. The van der Waals surface area contributed by atoms with Crippen molar-refractivity contribution in [3.05, 3.63) is 0 Å². The zero-order valence-corrected chi connectivity index (χ0v) is 13.4. The van der Waals surface area contributed by atoms with Crippen molar-refractivity contribution in [1.82, 2.24) is 0 Å². The Labute approximate surface area is 123 Å². The third kappa shape index (κ3) is 12.9. The largest absolute Gasteiger partial charge is 0.247 e. The molecule has 0 aromatic carbocycles. The number of halogens is 3. The lowest BCUT2D eigenvalue weighted by molar-refractivity contribution is 0.282. The molecule has 0 amide bonds. The van der Waals surface area contributed by atoms with Crippen LogP contribution in [0.4, 0.5) is 8.78 Å². The van der Waals surface area contributed by atoms with Crippen LogP contribution in [0.15, 0.2) is 0 Å². The molecule has 3 heteroatoms. The Kier molecular flexibility index (Phi) is 13.3. The highest BCUT2D eigenvalue weighted by Crippen LogP contribution is 2.19. The first-order valence-corrected chi connectivity index (χ1v) is 8.45. The maximum atomic E-state index is 13.3. The highest BCUT2D eigenvalue weighted by Gasteiger charge is 2.12. The molecule has 0 saturated heterocycles. The Balaban J connectivity index is 3.33. The number of hydrogen-bond donors (Lipinski definition) is 0. The lowest BCUT2D eigenvalue weighted by Crippen LogP contribution is -2.09. The van der Waals surface area contributed by atoms with Gasteiger partial charge in [-0.3, -0.25) is 0 Å². The summed E-state index contributed by atoms with van der Waals surface area (Å²) in [6.45, 7) is 4.01. The molecule has 3 atom stereocenters. The molecule has 0 heterocycles. The van der Waals surface area contributed by atoms with Gasteiger partial charge in [0.05, 0.1) is 0 Å². The van der Waals surface area contributed by atoms with Gasteiger partial charge in [0.2, 0.25) is 0 Å². The molecular weight excluding hydrogens is 266 g/mol. The Hall–Kier alpha value is 0.150. The van der Waals surface area contributed by atoms with E-state index in [1.54, 1.807) is 0 Å². The van der Waals surface area contributed by atoms with Crippen molar-refractivity contribution in [2.24, 2.45) is 0 Å². The fraction of sp³-hybridized carbons (Fsp3) is 1.00. The van der Waals surface area contributed by atoms with Crippen molar-refractivity contribution in [3.8, 4) is 0 Å². The summed E-state index contributed by atoms with van der Waals surface area (Å²) < 4.78 is 26.5. The van der Waals surface area contributed by atoms with Crippen molar-refractivity contribution < 1.29 is 8.78 Å². The summed E-state index contributed by atoms with van der Waals surface area (Å²) in [5, 5.41) is -0.0319. The second kappa shape index (κ2) is 13.1. The van der Waals surface area contributed by atoms with Crippen molar-refractivity contribution in [1.29, 1.82) is 0 Å². The zero-order chi connectivity index (χ0) is 14.5. The van der Waals surface area contributed by atoms with Gasteiger partial charge < -0.3 is 0 Å². The summed E-state index contributed by atoms with van der Waals surface area (Å²) in [7, 11) is 0. The van der Waals surface area contributed by atoms with Gasteiger partial charge in [-0.2, -0.15) is 0 Å². The van der Waals surface area contributed by atoms with Crippen molar-refractivity contribution >= 4 is 11.6 Å². The van der Waals surface area contributed by atoms with E-state index >= 15 is 0 Å². The minimum Gasteiger partial charge on any atom is -0.247 e. The molecule has 0 rings (SSSR count). The van der Waals surface area contributed by atoms with Crippen LogP contribution >= 0.6 is 11.6 Å². The standard InChI is InChI=1S/C16H31ClF2/c1-3-9-15(18)12-8-6-5-7-11-14(17)13-16(19)10-4-2/h14-16H,3-13H2,1-2H3. The number of alkyl halides is 3. The van der Waals surface area contributed by atoms with Crippen LogP contribution in [0.3, 0.4) is 0 Å². The van der Waals surface area contributed by atoms with Crippen LogP contribution in [0.1, 0.15) is 84.5 Å². The van der Waals surface area contributed by atoms with E-state index in [1.807, 2.05) is 13.8 Å². The van der Waals surface area contributed by atoms with E-state index in [1.165, 1.54) is 0 Å². The third-order valence-corrected chi connectivity index (χ3v) is 3.90. The van der Waals surface area contributed by atoms with E-state index in [9.17, 15) is 8.78 Å². The van der Waals surface area contributed by atoms with Crippen molar-refractivity contribution in [2.45, 2.75) is 102 Å². The summed E-state index contributed by atoms with van der Waals surface area (Å²) in [6.07, 6.45) is 8.00. The van der Waals surface area contributed by atoms with E-state index in [2.05, 4.69) is 0 Å².